The molecule has 2 aromatic carbocycles. The first-order valence-electron chi connectivity index (χ1n) is 8.78. The van der Waals surface area contributed by atoms with Crippen LogP contribution in [0.25, 0.3) is 11.1 Å². The van der Waals surface area contributed by atoms with Gasteiger partial charge in [0.05, 0.1) is 11.2 Å². The van der Waals surface area contributed by atoms with Crippen molar-refractivity contribution in [3.05, 3.63) is 60.2 Å². The van der Waals surface area contributed by atoms with Gasteiger partial charge in [-0.3, -0.25) is 0 Å². The zero-order valence-corrected chi connectivity index (χ0v) is 15.4. The summed E-state index contributed by atoms with van der Waals surface area (Å²) in [6.07, 6.45) is 0.950. The van der Waals surface area contributed by atoms with Crippen molar-refractivity contribution in [1.29, 1.82) is 0 Å². The Morgan fingerprint density at radius 2 is 1.29 bits per heavy atom. The lowest BCUT2D eigenvalue weighted by Crippen LogP contribution is -2.41. The molecule has 1 atom stereocenters. The highest BCUT2D eigenvalue weighted by Crippen LogP contribution is 2.40. The van der Waals surface area contributed by atoms with Crippen molar-refractivity contribution >= 4 is 7.12 Å². The zero-order chi connectivity index (χ0) is 17.4. The third-order valence-corrected chi connectivity index (χ3v) is 5.35. The Balaban J connectivity index is 1.66. The molecular weight excluding hydrogens is 295 g/mol. The molecule has 0 radical (unpaired) electrons. The average Bonchev–Trinajstić information content (AvgIpc) is 2.77. The molecule has 1 fully saturated rings. The molecular formula is C21H27BO2. The number of hydrogen-bond acceptors (Lipinski definition) is 2. The van der Waals surface area contributed by atoms with Crippen LogP contribution in [0.5, 0.6) is 0 Å². The molecule has 0 amide bonds. The quantitative estimate of drug-likeness (QED) is 0.704. The topological polar surface area (TPSA) is 18.5 Å². The van der Waals surface area contributed by atoms with E-state index in [4.69, 9.17) is 9.31 Å². The van der Waals surface area contributed by atoms with Crippen LogP contribution in [0.2, 0.25) is 5.82 Å². The first kappa shape index (κ1) is 17.3. The second-order valence-electron chi connectivity index (χ2n) is 7.87. The predicted molar refractivity (Wildman–Crippen MR) is 101 cm³/mol. The van der Waals surface area contributed by atoms with Crippen LogP contribution in [-0.2, 0) is 15.7 Å². The van der Waals surface area contributed by atoms with E-state index < -0.39 is 0 Å². The van der Waals surface area contributed by atoms with Gasteiger partial charge >= 0.3 is 7.12 Å². The Bertz CT molecular complexity index is 661. The molecule has 0 spiro atoms. The lowest BCUT2D eigenvalue weighted by atomic mass is 9.70. The summed E-state index contributed by atoms with van der Waals surface area (Å²) < 4.78 is 12.3. The lowest BCUT2D eigenvalue weighted by Gasteiger charge is -2.32. The fourth-order valence-electron chi connectivity index (χ4n) is 3.05. The van der Waals surface area contributed by atoms with E-state index in [0.717, 1.165) is 6.42 Å². The molecule has 1 unspecified atom stereocenters. The highest BCUT2D eigenvalue weighted by atomic mass is 16.7. The smallest absolute Gasteiger partial charge is 0.403 e. The Kier molecular flexibility index (Phi) is 4.59. The van der Waals surface area contributed by atoms with Gasteiger partial charge in [0.15, 0.2) is 0 Å². The third-order valence-electron chi connectivity index (χ3n) is 5.35. The Morgan fingerprint density at radius 3 is 1.83 bits per heavy atom. The van der Waals surface area contributed by atoms with E-state index in [-0.39, 0.29) is 18.3 Å². The van der Waals surface area contributed by atoms with Gasteiger partial charge in [0.25, 0.3) is 0 Å². The molecule has 0 aliphatic carbocycles. The van der Waals surface area contributed by atoms with E-state index >= 15 is 0 Å². The summed E-state index contributed by atoms with van der Waals surface area (Å²) in [7, 11) is -0.149. The first-order valence-corrected chi connectivity index (χ1v) is 8.78. The molecule has 1 aliphatic rings. The molecule has 2 aromatic rings. The van der Waals surface area contributed by atoms with E-state index in [1.807, 2.05) is 6.07 Å². The van der Waals surface area contributed by atoms with Crippen LogP contribution in [0.4, 0.5) is 0 Å². The molecule has 0 saturated carbocycles. The van der Waals surface area contributed by atoms with Crippen molar-refractivity contribution < 1.29 is 9.31 Å². The van der Waals surface area contributed by atoms with Gasteiger partial charge in [-0.25, -0.2) is 0 Å². The molecule has 1 saturated heterocycles. The summed E-state index contributed by atoms with van der Waals surface area (Å²) in [4.78, 5) is 0. The van der Waals surface area contributed by atoms with Gasteiger partial charge in [0.2, 0.25) is 0 Å². The summed E-state index contributed by atoms with van der Waals surface area (Å²) in [5.74, 6) is 0.314. The number of benzene rings is 2. The molecule has 0 N–H and O–H groups in total. The summed E-state index contributed by atoms with van der Waals surface area (Å²) in [6.45, 7) is 10.6. The van der Waals surface area contributed by atoms with E-state index in [0.29, 0.717) is 5.82 Å². The lowest BCUT2D eigenvalue weighted by molar-refractivity contribution is 0.00578. The highest BCUT2D eigenvalue weighted by Gasteiger charge is 2.52. The number of rotatable bonds is 4. The minimum Gasteiger partial charge on any atom is -0.403 e. The molecule has 0 bridgehead atoms. The monoisotopic (exact) mass is 322 g/mol. The SMILES string of the molecule is CC(Cc1ccc(-c2ccccc2)cc1)B1OC(C)(C)C(C)(C)O1. The summed E-state index contributed by atoms with van der Waals surface area (Å²) in [6, 6.07) is 19.3. The van der Waals surface area contributed by atoms with Gasteiger partial charge in [-0.05, 0) is 56.6 Å². The average molecular weight is 322 g/mol. The summed E-state index contributed by atoms with van der Waals surface area (Å²) >= 11 is 0. The maximum Gasteiger partial charge on any atom is 0.461 e. The Hall–Kier alpha value is -1.58. The van der Waals surface area contributed by atoms with Gasteiger partial charge in [-0.1, -0.05) is 61.5 Å². The van der Waals surface area contributed by atoms with Gasteiger partial charge in [-0.2, -0.15) is 0 Å². The molecule has 1 aliphatic heterocycles. The molecule has 1 heterocycles. The molecule has 3 rings (SSSR count). The highest BCUT2D eigenvalue weighted by molar-refractivity contribution is 6.47. The molecule has 126 valence electrons. The van der Waals surface area contributed by atoms with Crippen molar-refractivity contribution in [3.63, 3.8) is 0 Å². The molecule has 24 heavy (non-hydrogen) atoms. The van der Waals surface area contributed by atoms with Gasteiger partial charge in [0.1, 0.15) is 0 Å². The van der Waals surface area contributed by atoms with Crippen LogP contribution in [0, 0.1) is 0 Å². The zero-order valence-electron chi connectivity index (χ0n) is 15.4. The van der Waals surface area contributed by atoms with Crippen molar-refractivity contribution in [2.24, 2.45) is 0 Å². The van der Waals surface area contributed by atoms with Crippen LogP contribution in [0.15, 0.2) is 54.6 Å². The fourth-order valence-corrected chi connectivity index (χ4v) is 3.05. The van der Waals surface area contributed by atoms with Crippen LogP contribution in [-0.4, -0.2) is 18.3 Å². The van der Waals surface area contributed by atoms with Crippen LogP contribution >= 0.6 is 0 Å². The van der Waals surface area contributed by atoms with E-state index in [1.54, 1.807) is 0 Å². The largest absolute Gasteiger partial charge is 0.461 e. The second kappa shape index (κ2) is 6.38. The normalized spacial score (nSPS) is 20.1. The Morgan fingerprint density at radius 1 is 0.792 bits per heavy atom. The van der Waals surface area contributed by atoms with Crippen molar-refractivity contribution in [2.75, 3.05) is 0 Å². The van der Waals surface area contributed by atoms with Gasteiger partial charge < -0.3 is 9.31 Å². The summed E-state index contributed by atoms with van der Waals surface area (Å²) in [5.41, 5.74) is 3.30. The molecule has 2 nitrogen and oxygen atoms in total. The Labute approximate surface area is 146 Å². The predicted octanol–water partition coefficient (Wildman–Crippen LogP) is 5.38. The van der Waals surface area contributed by atoms with E-state index in [9.17, 15) is 0 Å². The van der Waals surface area contributed by atoms with Crippen molar-refractivity contribution in [3.8, 4) is 11.1 Å². The van der Waals surface area contributed by atoms with Crippen LogP contribution < -0.4 is 0 Å². The molecule has 3 heteroatoms. The molecule has 0 aromatic heterocycles. The minimum atomic E-state index is -0.261. The van der Waals surface area contributed by atoms with E-state index in [1.165, 1.54) is 16.7 Å². The fraction of sp³-hybridized carbons (Fsp3) is 0.429. The second-order valence-corrected chi connectivity index (χ2v) is 7.87. The van der Waals surface area contributed by atoms with Crippen molar-refractivity contribution in [2.45, 2.75) is 58.1 Å². The maximum atomic E-state index is 6.17. The standard InChI is InChI=1S/C21H27BO2/c1-16(22-23-20(2,3)21(4,5)24-22)15-17-11-13-19(14-12-17)18-9-7-6-8-10-18/h6-14,16H,15H2,1-5H3. The van der Waals surface area contributed by atoms with Crippen LogP contribution in [0.1, 0.15) is 40.2 Å². The van der Waals surface area contributed by atoms with Gasteiger partial charge in [-0.15, -0.1) is 0 Å². The van der Waals surface area contributed by atoms with Gasteiger partial charge in [0, 0.05) is 0 Å². The maximum absolute atomic E-state index is 6.17. The minimum absolute atomic E-state index is 0.149. The third kappa shape index (κ3) is 3.43. The van der Waals surface area contributed by atoms with Crippen LogP contribution in [0.3, 0.4) is 0 Å². The van der Waals surface area contributed by atoms with E-state index in [2.05, 4.69) is 83.1 Å². The summed E-state index contributed by atoms with van der Waals surface area (Å²) in [5, 5.41) is 0. The number of hydrogen-bond donors (Lipinski definition) is 0. The van der Waals surface area contributed by atoms with Crippen molar-refractivity contribution in [1.82, 2.24) is 0 Å². The first-order chi connectivity index (χ1) is 11.3.